The van der Waals surface area contributed by atoms with Crippen LogP contribution in [0.3, 0.4) is 0 Å². The maximum absolute atomic E-state index is 16.3. The summed E-state index contributed by atoms with van der Waals surface area (Å²) in [6.45, 7) is 6.25. The van der Waals surface area contributed by atoms with E-state index < -0.39 is 187 Å². The SMILES string of the molecule is CC1CC2C3CC(OC=O)C(C3)C2OC1CC(C(=O)O)(C1CCCOC1CC(C(=O)O)(C1CC2C3CC(C(=O)OC(C)(C)C)C(C3)C2OC1CC(C)(C(=O)O)C(F)(F)F)C(F)(F)F)C(F)(F)F. The zero-order chi connectivity index (χ0) is 49.8. The zero-order valence-electron chi connectivity index (χ0n) is 37.6. The molecular formula is C45H59F9O13. The molecule has 0 spiro atoms. The molecule has 380 valence electrons. The minimum atomic E-state index is -6.00. The molecule has 67 heavy (non-hydrogen) atoms. The fourth-order valence-electron chi connectivity index (χ4n) is 14.0. The van der Waals surface area contributed by atoms with Gasteiger partial charge in [0.15, 0.2) is 16.2 Å². The van der Waals surface area contributed by atoms with Gasteiger partial charge < -0.3 is 39.0 Å². The Morgan fingerprint density at radius 3 is 1.72 bits per heavy atom. The maximum atomic E-state index is 16.3. The molecule has 3 heterocycles. The molecule has 0 radical (unpaired) electrons. The molecule has 19 unspecified atom stereocenters. The van der Waals surface area contributed by atoms with Crippen LogP contribution in [0.4, 0.5) is 39.5 Å². The number of esters is 1. The standard InChI is InChI=1S/C45H59F9O13/c1-19-9-22-21-12-26(29(13-21)64-18-55)34(22)65-30(19)16-41(37(59)60,44(49,50)51)27-7-6-8-63-31(27)17-42(38(61)62,45(52,53)54)28-14-23-20-10-24(25(11-20)35(56)67-39(2,3)4)33(23)66-32(28)15-40(5,36(57)58)43(46,47)48/h18-34H,6-17H2,1-5H3,(H,57,58)(H,59,60)(H,61,62). The quantitative estimate of drug-likeness (QED) is 0.0857. The molecule has 4 aliphatic carbocycles. The number of carbonyl (C=O) groups excluding carboxylic acids is 2. The van der Waals surface area contributed by atoms with E-state index in [-0.39, 0.29) is 44.5 Å². The third-order valence-corrected chi connectivity index (χ3v) is 17.2. The number of aliphatic carboxylic acids is 3. The van der Waals surface area contributed by atoms with Gasteiger partial charge in [0.25, 0.3) is 6.47 Å². The molecule has 22 heteroatoms. The summed E-state index contributed by atoms with van der Waals surface area (Å²) < 4.78 is 170. The first-order valence-electron chi connectivity index (χ1n) is 23.0. The maximum Gasteiger partial charge on any atom is 0.405 e. The predicted molar refractivity (Wildman–Crippen MR) is 209 cm³/mol. The van der Waals surface area contributed by atoms with Crippen LogP contribution in [-0.2, 0) is 47.7 Å². The van der Waals surface area contributed by atoms with E-state index in [1.54, 1.807) is 27.7 Å². The van der Waals surface area contributed by atoms with Crippen LogP contribution in [0, 0.1) is 75.4 Å². The van der Waals surface area contributed by atoms with Gasteiger partial charge in [0, 0.05) is 24.4 Å². The molecule has 7 fully saturated rings. The van der Waals surface area contributed by atoms with Crippen molar-refractivity contribution in [1.82, 2.24) is 0 Å². The minimum absolute atomic E-state index is 0.0102. The van der Waals surface area contributed by atoms with Crippen molar-refractivity contribution in [2.75, 3.05) is 6.61 Å². The second kappa shape index (κ2) is 17.5. The van der Waals surface area contributed by atoms with Crippen LogP contribution >= 0.6 is 0 Å². The van der Waals surface area contributed by atoms with Crippen LogP contribution in [0.2, 0.25) is 0 Å². The number of carboxylic acid groups (broad SMARTS) is 3. The molecule has 19 atom stereocenters. The van der Waals surface area contributed by atoms with Gasteiger partial charge in [0.2, 0.25) is 0 Å². The Kier molecular flexibility index (Phi) is 13.4. The number of rotatable bonds is 14. The second-order valence-corrected chi connectivity index (χ2v) is 21.8. The summed E-state index contributed by atoms with van der Waals surface area (Å²) in [5.74, 6) is -18.0. The number of hydrogen-bond acceptors (Lipinski definition) is 10. The Morgan fingerprint density at radius 2 is 1.16 bits per heavy atom. The van der Waals surface area contributed by atoms with Crippen molar-refractivity contribution in [2.45, 2.75) is 166 Å². The van der Waals surface area contributed by atoms with Gasteiger partial charge in [0.1, 0.15) is 11.7 Å². The van der Waals surface area contributed by atoms with Gasteiger partial charge in [0.05, 0.1) is 36.4 Å². The van der Waals surface area contributed by atoms with Crippen molar-refractivity contribution < 1.29 is 102 Å². The average Bonchev–Trinajstić information content (AvgIpc) is 3.97. The van der Waals surface area contributed by atoms with E-state index in [9.17, 15) is 52.5 Å². The fourth-order valence-corrected chi connectivity index (χ4v) is 14.0. The molecule has 4 saturated carbocycles. The van der Waals surface area contributed by atoms with Crippen molar-refractivity contribution >= 4 is 30.3 Å². The lowest BCUT2D eigenvalue weighted by molar-refractivity contribution is -0.302. The number of alkyl halides is 9. The Labute approximate surface area is 380 Å². The third-order valence-electron chi connectivity index (χ3n) is 17.2. The number of hydrogen-bond donors (Lipinski definition) is 3. The highest BCUT2D eigenvalue weighted by atomic mass is 19.4. The smallest absolute Gasteiger partial charge is 0.405 e. The van der Waals surface area contributed by atoms with Crippen LogP contribution in [0.5, 0.6) is 0 Å². The van der Waals surface area contributed by atoms with E-state index in [1.807, 2.05) is 0 Å². The molecule has 3 aliphatic heterocycles. The van der Waals surface area contributed by atoms with Crippen molar-refractivity contribution in [1.29, 1.82) is 0 Å². The summed E-state index contributed by atoms with van der Waals surface area (Å²) in [6.07, 6.45) is -31.6. The third kappa shape index (κ3) is 8.59. The summed E-state index contributed by atoms with van der Waals surface area (Å²) >= 11 is 0. The summed E-state index contributed by atoms with van der Waals surface area (Å²) in [6, 6.07) is 0. The first-order chi connectivity index (χ1) is 30.8. The lowest BCUT2D eigenvalue weighted by atomic mass is 9.57. The van der Waals surface area contributed by atoms with Gasteiger partial charge in [-0.15, -0.1) is 0 Å². The lowest BCUT2D eigenvalue weighted by Gasteiger charge is -2.54. The summed E-state index contributed by atoms with van der Waals surface area (Å²) in [5, 5.41) is 31.7. The molecule has 3 N–H and O–H groups in total. The Bertz CT molecular complexity index is 1920. The highest BCUT2D eigenvalue weighted by molar-refractivity contribution is 5.78. The van der Waals surface area contributed by atoms with Crippen molar-refractivity contribution in [3.63, 3.8) is 0 Å². The van der Waals surface area contributed by atoms with Crippen LogP contribution in [0.25, 0.3) is 0 Å². The zero-order valence-corrected chi connectivity index (χ0v) is 37.6. The number of halogens is 9. The average molecular weight is 979 g/mol. The fraction of sp³-hybridized carbons (Fsp3) is 0.889. The molecule has 0 amide bonds. The number of fused-ring (bicyclic) bond motifs is 10. The van der Waals surface area contributed by atoms with Crippen LogP contribution in [0.1, 0.15) is 105 Å². The van der Waals surface area contributed by atoms with Gasteiger partial charge in [-0.2, -0.15) is 39.5 Å². The number of carboxylic acids is 3. The summed E-state index contributed by atoms with van der Waals surface area (Å²) in [4.78, 5) is 64.1. The molecule has 0 aromatic rings. The molecular weight excluding hydrogens is 919 g/mol. The van der Waals surface area contributed by atoms with E-state index in [4.69, 9.17) is 23.7 Å². The predicted octanol–water partition coefficient (Wildman–Crippen LogP) is 8.25. The minimum Gasteiger partial charge on any atom is -0.481 e. The first-order valence-corrected chi connectivity index (χ1v) is 23.0. The highest BCUT2D eigenvalue weighted by Gasteiger charge is 2.75. The molecule has 3 saturated heterocycles. The monoisotopic (exact) mass is 978 g/mol. The van der Waals surface area contributed by atoms with Gasteiger partial charge >= 0.3 is 42.4 Å². The van der Waals surface area contributed by atoms with Crippen LogP contribution in [-0.4, -0.2) is 113 Å². The van der Waals surface area contributed by atoms with E-state index >= 15 is 26.3 Å². The largest absolute Gasteiger partial charge is 0.481 e. The topological polar surface area (TPSA) is 192 Å². The van der Waals surface area contributed by atoms with Gasteiger partial charge in [-0.05, 0) is 134 Å². The summed E-state index contributed by atoms with van der Waals surface area (Å²) in [5.41, 5.74) is -13.0. The van der Waals surface area contributed by atoms with E-state index in [0.717, 1.165) is 0 Å². The normalized spacial score (nSPS) is 40.1. The lowest BCUT2D eigenvalue weighted by Crippen LogP contribution is -2.64. The Hall–Kier alpha value is -3.40. The van der Waals surface area contributed by atoms with Crippen molar-refractivity contribution in [2.24, 2.45) is 75.4 Å². The molecule has 4 bridgehead atoms. The summed E-state index contributed by atoms with van der Waals surface area (Å²) in [7, 11) is 0. The molecule has 13 nitrogen and oxygen atoms in total. The van der Waals surface area contributed by atoms with E-state index in [0.29, 0.717) is 19.3 Å². The van der Waals surface area contributed by atoms with Crippen molar-refractivity contribution in [3.05, 3.63) is 0 Å². The molecule has 0 aromatic carbocycles. The molecule has 7 aliphatic rings. The van der Waals surface area contributed by atoms with E-state index in [2.05, 4.69) is 0 Å². The van der Waals surface area contributed by atoms with Crippen molar-refractivity contribution in [3.8, 4) is 0 Å². The van der Waals surface area contributed by atoms with Gasteiger partial charge in [-0.25, -0.2) is 0 Å². The molecule has 7 rings (SSSR count). The molecule has 0 aromatic heterocycles. The first kappa shape index (κ1) is 51.5. The van der Waals surface area contributed by atoms with Crippen LogP contribution < -0.4 is 0 Å². The number of carbonyl (C=O) groups is 5. The Morgan fingerprint density at radius 1 is 0.627 bits per heavy atom. The van der Waals surface area contributed by atoms with Gasteiger partial charge in [-0.1, -0.05) is 6.92 Å². The Balaban J connectivity index is 1.29. The second-order valence-electron chi connectivity index (χ2n) is 21.8. The number of ether oxygens (including phenoxy) is 5. The van der Waals surface area contributed by atoms with E-state index in [1.165, 1.54) is 0 Å². The highest BCUT2D eigenvalue weighted by Crippen LogP contribution is 2.65. The van der Waals surface area contributed by atoms with Gasteiger partial charge in [-0.3, -0.25) is 24.0 Å². The van der Waals surface area contributed by atoms with Crippen LogP contribution in [0.15, 0.2) is 0 Å².